The fraction of sp³-hybridized carbons (Fsp3) is 0. The molecule has 0 aliphatic heterocycles. The lowest BCUT2D eigenvalue weighted by Crippen LogP contribution is -2.06. The maximum Gasteiger partial charge on any atom is 0.189 e. The fourth-order valence-electron chi connectivity index (χ4n) is 8.75. The zero-order valence-corrected chi connectivity index (χ0v) is 35.7. The van der Waals surface area contributed by atoms with E-state index in [0.29, 0.717) is 45.3 Å². The zero-order valence-electron chi connectivity index (χ0n) is 35.7. The summed E-state index contributed by atoms with van der Waals surface area (Å²) in [5, 5.41) is 22.7. The Morgan fingerprint density at radius 2 is 0.881 bits per heavy atom. The van der Waals surface area contributed by atoms with Crippen LogP contribution in [0, 0.1) is 29.2 Å². The third kappa shape index (κ3) is 7.51. The van der Waals surface area contributed by atoms with Crippen LogP contribution in [0.25, 0.3) is 111 Å². The van der Waals surface area contributed by atoms with E-state index in [2.05, 4.69) is 45.8 Å². The topological polar surface area (TPSA) is 108 Å². The molecule has 11 aromatic rings. The molecule has 0 amide bonds. The lowest BCUT2D eigenvalue weighted by Gasteiger charge is -2.20. The van der Waals surface area contributed by atoms with Gasteiger partial charge < -0.3 is 4.57 Å². The van der Waals surface area contributed by atoms with Gasteiger partial charge in [-0.15, -0.1) is 0 Å². The summed E-state index contributed by atoms with van der Waals surface area (Å²) in [6, 6.07) is 72.2. The van der Waals surface area contributed by atoms with Crippen LogP contribution in [0.5, 0.6) is 0 Å². The molecule has 0 spiro atoms. The van der Waals surface area contributed by atoms with Gasteiger partial charge in [-0.3, -0.25) is 0 Å². The van der Waals surface area contributed by atoms with Gasteiger partial charge in [0.05, 0.1) is 63.8 Å². The molecule has 8 nitrogen and oxygen atoms in total. The molecule has 0 radical (unpaired) electrons. The van der Waals surface area contributed by atoms with Gasteiger partial charge in [0.25, 0.3) is 0 Å². The van der Waals surface area contributed by atoms with E-state index >= 15 is 0 Å². The van der Waals surface area contributed by atoms with E-state index < -0.39 is 0 Å². The van der Waals surface area contributed by atoms with Crippen LogP contribution >= 0.6 is 0 Å². The third-order valence-corrected chi connectivity index (χ3v) is 11.9. The molecule has 0 aliphatic rings. The second-order valence-corrected chi connectivity index (χ2v) is 16.0. The number of hydrogen-bond acceptors (Lipinski definition) is 6. The standard InChI is InChI=1S/C59H34N8/c1-62-46-29-38(36-60)28-45(32-46)44-26-27-56-48(33-44)47-24-14-15-25-55(47)67(56)57-49(54-35-53(42-20-10-4-11-21-42)63-58(66-54)43-22-12-5-13-23-43)30-39(37-61)31-50(57)59-64-51(40-16-6-2-7-17-40)34-52(65-59)41-18-8-3-9-19-41/h2-35H. The summed E-state index contributed by atoms with van der Waals surface area (Å²) in [7, 11) is 0. The highest BCUT2D eigenvalue weighted by molar-refractivity contribution is 6.12. The normalized spacial score (nSPS) is 10.9. The van der Waals surface area contributed by atoms with Gasteiger partial charge >= 0.3 is 0 Å². The van der Waals surface area contributed by atoms with Crippen LogP contribution in [-0.4, -0.2) is 24.5 Å². The minimum absolute atomic E-state index is 0.394. The molecule has 0 saturated carbocycles. The van der Waals surface area contributed by atoms with Crippen LogP contribution in [-0.2, 0) is 0 Å². The first-order valence-corrected chi connectivity index (χ1v) is 21.6. The number of aromatic nitrogens is 5. The number of nitriles is 2. The summed E-state index contributed by atoms with van der Waals surface area (Å²) in [5.41, 5.74) is 13.0. The number of hydrogen-bond donors (Lipinski definition) is 0. The molecule has 0 saturated heterocycles. The maximum atomic E-state index is 10.9. The van der Waals surface area contributed by atoms with Gasteiger partial charge in [-0.05, 0) is 71.8 Å². The van der Waals surface area contributed by atoms with Crippen molar-refractivity contribution in [3.8, 4) is 96.8 Å². The molecule has 8 aromatic carbocycles. The number of benzene rings is 8. The molecular weight excluding hydrogens is 821 g/mol. The monoisotopic (exact) mass is 854 g/mol. The lowest BCUT2D eigenvalue weighted by atomic mass is 9.97. The second-order valence-electron chi connectivity index (χ2n) is 16.0. The molecule has 0 aliphatic carbocycles. The Balaban J connectivity index is 1.27. The van der Waals surface area contributed by atoms with Crippen LogP contribution in [0.15, 0.2) is 206 Å². The smallest absolute Gasteiger partial charge is 0.189 e. The summed E-state index contributed by atoms with van der Waals surface area (Å²) in [6.07, 6.45) is 0. The van der Waals surface area contributed by atoms with Gasteiger partial charge in [-0.2, -0.15) is 10.5 Å². The quantitative estimate of drug-likeness (QED) is 0.141. The lowest BCUT2D eigenvalue weighted by molar-refractivity contribution is 1.13. The van der Waals surface area contributed by atoms with Crippen molar-refractivity contribution in [2.24, 2.45) is 0 Å². The van der Waals surface area contributed by atoms with Crippen molar-refractivity contribution in [3.05, 3.63) is 229 Å². The summed E-state index contributed by atoms with van der Waals surface area (Å²) in [4.78, 5) is 24.8. The predicted octanol–water partition coefficient (Wildman–Crippen LogP) is 14.3. The van der Waals surface area contributed by atoms with E-state index in [1.165, 1.54) is 0 Å². The van der Waals surface area contributed by atoms with Gasteiger partial charge in [0.2, 0.25) is 0 Å². The average Bonchev–Trinajstić information content (AvgIpc) is 3.74. The van der Waals surface area contributed by atoms with Crippen molar-refractivity contribution in [3.63, 3.8) is 0 Å². The number of fused-ring (bicyclic) bond motifs is 3. The summed E-state index contributed by atoms with van der Waals surface area (Å²) in [5.74, 6) is 0.961. The van der Waals surface area contributed by atoms with E-state index in [-0.39, 0.29) is 0 Å². The van der Waals surface area contributed by atoms with Crippen molar-refractivity contribution in [2.45, 2.75) is 0 Å². The predicted molar refractivity (Wildman–Crippen MR) is 266 cm³/mol. The highest BCUT2D eigenvalue weighted by atomic mass is 15.0. The molecule has 0 fully saturated rings. The van der Waals surface area contributed by atoms with Crippen molar-refractivity contribution >= 4 is 27.5 Å². The molecule has 3 aromatic heterocycles. The van der Waals surface area contributed by atoms with Crippen molar-refractivity contribution < 1.29 is 0 Å². The first kappa shape index (κ1) is 40.0. The molecule has 0 unspecified atom stereocenters. The molecule has 11 rings (SSSR count). The van der Waals surface area contributed by atoms with Gasteiger partial charge in [0.1, 0.15) is 0 Å². The van der Waals surface area contributed by atoms with Crippen LogP contribution in [0.2, 0.25) is 0 Å². The third-order valence-electron chi connectivity index (χ3n) is 11.9. The molecule has 0 atom stereocenters. The minimum Gasteiger partial charge on any atom is -0.308 e. The zero-order chi connectivity index (χ0) is 45.3. The molecule has 67 heavy (non-hydrogen) atoms. The maximum absolute atomic E-state index is 10.9. The molecule has 8 heteroatoms. The first-order valence-electron chi connectivity index (χ1n) is 21.6. The minimum atomic E-state index is 0.394. The number of rotatable bonds is 8. The first-order chi connectivity index (χ1) is 33.0. The van der Waals surface area contributed by atoms with Crippen molar-refractivity contribution in [2.75, 3.05) is 0 Å². The van der Waals surface area contributed by atoms with E-state index in [1.807, 2.05) is 176 Å². The van der Waals surface area contributed by atoms with Gasteiger partial charge in [-0.25, -0.2) is 24.8 Å². The number of nitrogens with zero attached hydrogens (tertiary/aromatic N) is 8. The van der Waals surface area contributed by atoms with E-state index in [1.54, 1.807) is 6.07 Å². The largest absolute Gasteiger partial charge is 0.308 e. The highest BCUT2D eigenvalue weighted by Gasteiger charge is 2.25. The summed E-state index contributed by atoms with van der Waals surface area (Å²) < 4.78 is 2.23. The Kier molecular flexibility index (Phi) is 10.2. The van der Waals surface area contributed by atoms with E-state index in [4.69, 9.17) is 26.5 Å². The molecule has 0 N–H and O–H groups in total. The van der Waals surface area contributed by atoms with Gasteiger partial charge in [0.15, 0.2) is 17.3 Å². The molecular formula is C59H34N8. The Morgan fingerprint density at radius 3 is 1.48 bits per heavy atom. The van der Waals surface area contributed by atoms with Gasteiger partial charge in [-0.1, -0.05) is 146 Å². The van der Waals surface area contributed by atoms with Crippen molar-refractivity contribution in [1.29, 1.82) is 10.5 Å². The van der Waals surface area contributed by atoms with E-state index in [9.17, 15) is 10.5 Å². The Morgan fingerprint density at radius 1 is 0.388 bits per heavy atom. The van der Waals surface area contributed by atoms with Gasteiger partial charge in [0, 0.05) is 49.7 Å². The van der Waals surface area contributed by atoms with Crippen LogP contribution in [0.4, 0.5) is 5.69 Å². The Labute approximate surface area is 386 Å². The summed E-state index contributed by atoms with van der Waals surface area (Å²) >= 11 is 0. The Bertz CT molecular complexity index is 3530. The fourth-order valence-corrected chi connectivity index (χ4v) is 8.75. The van der Waals surface area contributed by atoms with Crippen molar-refractivity contribution in [1.82, 2.24) is 24.5 Å². The molecule has 0 bridgehead atoms. The molecule has 310 valence electrons. The number of para-hydroxylation sites is 1. The Hall–Kier alpha value is -9.81. The van der Waals surface area contributed by atoms with Crippen LogP contribution < -0.4 is 0 Å². The highest BCUT2D eigenvalue weighted by Crippen LogP contribution is 2.44. The summed E-state index contributed by atoms with van der Waals surface area (Å²) in [6.45, 7) is 7.74. The van der Waals surface area contributed by atoms with Crippen LogP contribution in [0.1, 0.15) is 11.1 Å². The molecule has 3 heterocycles. The van der Waals surface area contributed by atoms with Crippen LogP contribution in [0.3, 0.4) is 0 Å². The SMILES string of the molecule is [C-]#[N+]c1cc(C#N)cc(-c2ccc3c(c2)c2ccccc2n3-c2c(-c3cc(-c4ccccc4)nc(-c4ccccc4)n3)cc(C#N)cc2-c2nc(-c3ccccc3)cc(-c3ccccc3)n2)c1. The van der Waals surface area contributed by atoms with E-state index in [0.717, 1.165) is 78.0 Å². The average molecular weight is 855 g/mol. The second kappa shape index (κ2) is 17.1.